The summed E-state index contributed by atoms with van der Waals surface area (Å²) in [5.74, 6) is 0.267. The van der Waals surface area contributed by atoms with E-state index in [1.165, 1.54) is 0 Å². The van der Waals surface area contributed by atoms with Gasteiger partial charge in [0.1, 0.15) is 17.8 Å². The van der Waals surface area contributed by atoms with Gasteiger partial charge < -0.3 is 14.8 Å². The van der Waals surface area contributed by atoms with Crippen LogP contribution in [-0.4, -0.2) is 18.1 Å². The molecule has 1 aliphatic rings. The first kappa shape index (κ1) is 18.0. The number of esters is 1. The van der Waals surface area contributed by atoms with Crippen LogP contribution >= 0.6 is 0 Å². The summed E-state index contributed by atoms with van der Waals surface area (Å²) in [6.45, 7) is 4.22. The summed E-state index contributed by atoms with van der Waals surface area (Å²) in [7, 11) is 0. The van der Waals surface area contributed by atoms with E-state index in [1.54, 1.807) is 24.3 Å². The van der Waals surface area contributed by atoms with Crippen molar-refractivity contribution >= 4 is 11.9 Å². The summed E-state index contributed by atoms with van der Waals surface area (Å²) in [5, 5.41) is 2.81. The lowest BCUT2D eigenvalue weighted by atomic mass is 9.73. The van der Waals surface area contributed by atoms with Crippen LogP contribution in [0.15, 0.2) is 54.6 Å². The maximum Gasteiger partial charge on any atom is 0.338 e. The first-order chi connectivity index (χ1) is 12.6. The second kappa shape index (κ2) is 7.60. The molecule has 1 N–H and O–H groups in total. The van der Waals surface area contributed by atoms with Crippen LogP contribution in [0.25, 0.3) is 0 Å². The van der Waals surface area contributed by atoms with Crippen LogP contribution in [0.2, 0.25) is 0 Å². The Labute approximate surface area is 153 Å². The molecule has 2 aromatic carbocycles. The molecule has 26 heavy (non-hydrogen) atoms. The van der Waals surface area contributed by atoms with E-state index in [4.69, 9.17) is 9.47 Å². The number of ether oxygens (including phenoxy) is 2. The highest BCUT2D eigenvalue weighted by Crippen LogP contribution is 2.39. The minimum atomic E-state index is -0.465. The Morgan fingerprint density at radius 3 is 2.27 bits per heavy atom. The predicted molar refractivity (Wildman–Crippen MR) is 97.6 cm³/mol. The summed E-state index contributed by atoms with van der Waals surface area (Å²) in [4.78, 5) is 24.0. The fraction of sp³-hybridized carbons (Fsp3) is 0.333. The zero-order valence-electron chi connectivity index (χ0n) is 15.0. The van der Waals surface area contributed by atoms with Gasteiger partial charge >= 0.3 is 5.97 Å². The van der Waals surface area contributed by atoms with Gasteiger partial charge in [0, 0.05) is 0 Å². The minimum absolute atomic E-state index is 0.0357. The van der Waals surface area contributed by atoms with Crippen LogP contribution in [0, 0.1) is 5.41 Å². The van der Waals surface area contributed by atoms with E-state index in [2.05, 4.69) is 5.32 Å². The van der Waals surface area contributed by atoms with Crippen molar-refractivity contribution in [3.63, 3.8) is 0 Å². The van der Waals surface area contributed by atoms with Crippen LogP contribution in [0.1, 0.15) is 42.6 Å². The number of carbonyl (C=O) groups is 2. The summed E-state index contributed by atoms with van der Waals surface area (Å²) in [5.41, 5.74) is 0.938. The molecule has 1 atom stereocenters. The minimum Gasteiger partial charge on any atom is -0.470 e. The van der Waals surface area contributed by atoms with Crippen molar-refractivity contribution in [2.45, 2.75) is 39.5 Å². The number of β-lactam (4-membered cyclic amide) rings is 1. The van der Waals surface area contributed by atoms with Gasteiger partial charge in [-0.3, -0.25) is 4.79 Å². The molecule has 0 aromatic heterocycles. The average Bonchev–Trinajstić information content (AvgIpc) is 2.68. The standard InChI is InChI=1S/C21H23NO4/c1-3-21(4-2)19(24)22-20(21)26-17-12-10-16(11-13-17)18(23)25-14-15-8-6-5-7-9-15/h5-13,20H,3-4,14H2,1-2H3,(H,22,24)/t20-/m1/s1. The zero-order chi connectivity index (χ0) is 18.6. The van der Waals surface area contributed by atoms with Crippen molar-refractivity contribution in [3.05, 3.63) is 65.7 Å². The van der Waals surface area contributed by atoms with Gasteiger partial charge in [-0.2, -0.15) is 0 Å². The molecule has 5 nitrogen and oxygen atoms in total. The number of carbonyl (C=O) groups excluding carboxylic acids is 2. The molecule has 0 unspecified atom stereocenters. The molecule has 0 saturated carbocycles. The number of nitrogens with one attached hydrogen (secondary N) is 1. The molecule has 1 heterocycles. The summed E-state index contributed by atoms with van der Waals surface area (Å²) < 4.78 is 11.2. The van der Waals surface area contributed by atoms with E-state index in [9.17, 15) is 9.59 Å². The fourth-order valence-electron chi connectivity index (χ4n) is 3.14. The third kappa shape index (κ3) is 3.43. The van der Waals surface area contributed by atoms with Crippen LogP contribution in [-0.2, 0) is 16.1 Å². The molecule has 2 aromatic rings. The molecule has 0 radical (unpaired) electrons. The quantitative estimate of drug-likeness (QED) is 0.609. The maximum atomic E-state index is 12.1. The zero-order valence-corrected chi connectivity index (χ0v) is 15.0. The Hall–Kier alpha value is -2.82. The highest BCUT2D eigenvalue weighted by Gasteiger charge is 2.54. The van der Waals surface area contributed by atoms with E-state index < -0.39 is 5.41 Å². The summed E-state index contributed by atoms with van der Waals surface area (Å²) >= 11 is 0. The third-order valence-corrected chi connectivity index (χ3v) is 5.03. The van der Waals surface area contributed by atoms with Gasteiger partial charge in [-0.1, -0.05) is 44.2 Å². The van der Waals surface area contributed by atoms with Crippen molar-refractivity contribution in [1.29, 1.82) is 0 Å². The lowest BCUT2D eigenvalue weighted by Gasteiger charge is -2.47. The number of amides is 1. The van der Waals surface area contributed by atoms with Gasteiger partial charge in [0.05, 0.1) is 5.56 Å². The SMILES string of the molecule is CCC1(CC)C(=O)N[C@@H]1Oc1ccc(C(=O)OCc2ccccc2)cc1. The van der Waals surface area contributed by atoms with Crippen LogP contribution < -0.4 is 10.1 Å². The first-order valence-corrected chi connectivity index (χ1v) is 8.88. The monoisotopic (exact) mass is 353 g/mol. The van der Waals surface area contributed by atoms with Crippen LogP contribution in [0.3, 0.4) is 0 Å². The topological polar surface area (TPSA) is 64.6 Å². The van der Waals surface area contributed by atoms with Gasteiger partial charge in [0.15, 0.2) is 6.23 Å². The predicted octanol–water partition coefficient (Wildman–Crippen LogP) is 3.68. The number of benzene rings is 2. The lowest BCUT2D eigenvalue weighted by molar-refractivity contribution is -0.161. The molecular formula is C21H23NO4. The lowest BCUT2D eigenvalue weighted by Crippen LogP contribution is -2.69. The van der Waals surface area contributed by atoms with E-state index in [-0.39, 0.29) is 24.7 Å². The molecule has 3 rings (SSSR count). The van der Waals surface area contributed by atoms with E-state index in [0.29, 0.717) is 11.3 Å². The van der Waals surface area contributed by atoms with Crippen molar-refractivity contribution in [3.8, 4) is 5.75 Å². The first-order valence-electron chi connectivity index (χ1n) is 8.88. The van der Waals surface area contributed by atoms with Crippen LogP contribution in [0.5, 0.6) is 5.75 Å². The Balaban J connectivity index is 1.58. The van der Waals surface area contributed by atoms with Gasteiger partial charge in [0.25, 0.3) is 0 Å². The molecule has 1 aliphatic heterocycles. The molecule has 136 valence electrons. The van der Waals surface area contributed by atoms with Gasteiger partial charge in [0.2, 0.25) is 5.91 Å². The van der Waals surface area contributed by atoms with Gasteiger partial charge in [-0.15, -0.1) is 0 Å². The Bertz CT molecular complexity index is 766. The second-order valence-electron chi connectivity index (χ2n) is 6.42. The molecular weight excluding hydrogens is 330 g/mol. The normalized spacial score (nSPS) is 17.8. The smallest absolute Gasteiger partial charge is 0.338 e. The third-order valence-electron chi connectivity index (χ3n) is 5.03. The number of rotatable bonds is 7. The maximum absolute atomic E-state index is 12.1. The Morgan fingerprint density at radius 1 is 1.04 bits per heavy atom. The van der Waals surface area contributed by atoms with E-state index in [0.717, 1.165) is 18.4 Å². The molecule has 0 bridgehead atoms. The Kier molecular flexibility index (Phi) is 5.26. The van der Waals surface area contributed by atoms with Gasteiger partial charge in [-0.05, 0) is 42.7 Å². The van der Waals surface area contributed by atoms with Crippen LogP contribution in [0.4, 0.5) is 0 Å². The highest BCUT2D eigenvalue weighted by molar-refractivity contribution is 5.90. The number of hydrogen-bond donors (Lipinski definition) is 1. The van der Waals surface area contributed by atoms with Crippen molar-refractivity contribution < 1.29 is 19.1 Å². The molecule has 1 saturated heterocycles. The van der Waals surface area contributed by atoms with Gasteiger partial charge in [-0.25, -0.2) is 4.79 Å². The summed E-state index contributed by atoms with van der Waals surface area (Å²) in [6, 6.07) is 16.3. The molecule has 0 spiro atoms. The highest BCUT2D eigenvalue weighted by atomic mass is 16.5. The average molecular weight is 353 g/mol. The van der Waals surface area contributed by atoms with Crippen molar-refractivity contribution in [1.82, 2.24) is 5.32 Å². The molecule has 1 fully saturated rings. The van der Waals surface area contributed by atoms with Crippen molar-refractivity contribution in [2.24, 2.45) is 5.41 Å². The van der Waals surface area contributed by atoms with E-state index >= 15 is 0 Å². The fourth-order valence-corrected chi connectivity index (χ4v) is 3.14. The molecule has 5 heteroatoms. The van der Waals surface area contributed by atoms with Crippen molar-refractivity contribution in [2.75, 3.05) is 0 Å². The number of hydrogen-bond acceptors (Lipinski definition) is 4. The molecule has 1 amide bonds. The Morgan fingerprint density at radius 2 is 1.69 bits per heavy atom. The summed E-state index contributed by atoms with van der Waals surface area (Å²) in [6.07, 6.45) is 1.12. The molecule has 0 aliphatic carbocycles. The van der Waals surface area contributed by atoms with E-state index in [1.807, 2.05) is 44.2 Å². The largest absolute Gasteiger partial charge is 0.470 e. The second-order valence-corrected chi connectivity index (χ2v) is 6.42.